The normalized spacial score (nSPS) is 22.3. The van der Waals surface area contributed by atoms with Crippen molar-refractivity contribution in [3.8, 4) is 0 Å². The van der Waals surface area contributed by atoms with Crippen LogP contribution in [0.1, 0.15) is 38.5 Å². The van der Waals surface area contributed by atoms with E-state index >= 15 is 0 Å². The van der Waals surface area contributed by atoms with Crippen molar-refractivity contribution in [1.29, 1.82) is 0 Å². The van der Waals surface area contributed by atoms with E-state index in [4.69, 9.17) is 9.84 Å². The molecule has 0 aromatic rings. The van der Waals surface area contributed by atoms with Crippen molar-refractivity contribution >= 4 is 17.8 Å². The van der Waals surface area contributed by atoms with E-state index in [2.05, 4.69) is 10.6 Å². The highest BCUT2D eigenvalue weighted by atomic mass is 16.5. The lowest BCUT2D eigenvalue weighted by Gasteiger charge is -2.33. The van der Waals surface area contributed by atoms with Gasteiger partial charge in [-0.1, -0.05) is 0 Å². The van der Waals surface area contributed by atoms with Crippen molar-refractivity contribution in [2.45, 2.75) is 38.5 Å². The maximum Gasteiger partial charge on any atom is 0.310 e. The Hall–Kier alpha value is -1.67. The largest absolute Gasteiger partial charge is 0.481 e. The smallest absolute Gasteiger partial charge is 0.310 e. The van der Waals surface area contributed by atoms with Gasteiger partial charge in [-0.05, 0) is 51.1 Å². The van der Waals surface area contributed by atoms with Crippen LogP contribution in [0.5, 0.6) is 0 Å². The third kappa shape index (κ3) is 7.10. The highest BCUT2D eigenvalue weighted by Gasteiger charge is 2.29. The number of carboxylic acid groups (broad SMARTS) is 1. The second-order valence-corrected chi connectivity index (χ2v) is 7.65. The number of hydrogen-bond donors (Lipinski definition) is 3. The first-order valence-corrected chi connectivity index (χ1v) is 9.99. The number of carbonyl (C=O) groups is 3. The van der Waals surface area contributed by atoms with Crippen LogP contribution in [0, 0.1) is 17.8 Å². The third-order valence-corrected chi connectivity index (χ3v) is 5.61. The number of hydrogen-bond acceptors (Lipinski definition) is 5. The number of carboxylic acids is 1. The summed E-state index contributed by atoms with van der Waals surface area (Å²) in [4.78, 5) is 37.9. The number of carbonyl (C=O) groups excluding carboxylic acids is 2. The fourth-order valence-corrected chi connectivity index (χ4v) is 3.86. The molecule has 2 atom stereocenters. The fourth-order valence-electron chi connectivity index (χ4n) is 3.86. The molecule has 2 heterocycles. The van der Waals surface area contributed by atoms with Crippen LogP contribution in [0.4, 0.5) is 0 Å². The number of piperidine rings is 2. The number of likely N-dealkylation sites (tertiary alicyclic amines) is 1. The van der Waals surface area contributed by atoms with Crippen LogP contribution in [-0.4, -0.2) is 74.2 Å². The number of ether oxygens (including phenoxy) is 1. The van der Waals surface area contributed by atoms with Gasteiger partial charge in [0.15, 0.2) is 0 Å². The minimum Gasteiger partial charge on any atom is -0.481 e. The summed E-state index contributed by atoms with van der Waals surface area (Å²) in [7, 11) is 1.44. The molecule has 2 fully saturated rings. The quantitative estimate of drug-likeness (QED) is 0.534. The average Bonchev–Trinajstić information content (AvgIpc) is 2.69. The van der Waals surface area contributed by atoms with Crippen molar-refractivity contribution in [3.63, 3.8) is 0 Å². The SMILES string of the molecule is COC[C@H](CNC(=O)[C@@H]1CCCN(C(=O)CCC2CCNCC2)C1)C(=O)O. The Bertz CT molecular complexity index is 508. The highest BCUT2D eigenvalue weighted by Crippen LogP contribution is 2.21. The molecule has 2 amide bonds. The van der Waals surface area contributed by atoms with Gasteiger partial charge in [-0.3, -0.25) is 14.4 Å². The zero-order valence-electron chi connectivity index (χ0n) is 16.2. The molecule has 0 bridgehead atoms. The molecule has 8 nitrogen and oxygen atoms in total. The first-order chi connectivity index (χ1) is 13.0. The summed E-state index contributed by atoms with van der Waals surface area (Å²) >= 11 is 0. The highest BCUT2D eigenvalue weighted by molar-refractivity contribution is 5.82. The first-order valence-electron chi connectivity index (χ1n) is 9.99. The van der Waals surface area contributed by atoms with Gasteiger partial charge in [-0.15, -0.1) is 0 Å². The van der Waals surface area contributed by atoms with Crippen LogP contribution >= 0.6 is 0 Å². The number of methoxy groups -OCH3 is 1. The van der Waals surface area contributed by atoms with Crippen LogP contribution in [0.2, 0.25) is 0 Å². The molecule has 3 N–H and O–H groups in total. The van der Waals surface area contributed by atoms with Crippen LogP contribution in [0.25, 0.3) is 0 Å². The van der Waals surface area contributed by atoms with E-state index < -0.39 is 11.9 Å². The van der Waals surface area contributed by atoms with Gasteiger partial charge in [0, 0.05) is 33.2 Å². The summed E-state index contributed by atoms with van der Waals surface area (Å²) in [5, 5.41) is 15.2. The Balaban J connectivity index is 1.75. The first kappa shape index (κ1) is 21.6. The molecule has 0 radical (unpaired) electrons. The van der Waals surface area contributed by atoms with Crippen LogP contribution in [0.15, 0.2) is 0 Å². The molecule has 0 aromatic heterocycles. The van der Waals surface area contributed by atoms with E-state index in [1.165, 1.54) is 7.11 Å². The summed E-state index contributed by atoms with van der Waals surface area (Å²) in [6.45, 7) is 3.30. The van der Waals surface area contributed by atoms with Gasteiger partial charge in [-0.2, -0.15) is 0 Å². The number of nitrogens with one attached hydrogen (secondary N) is 2. The van der Waals surface area contributed by atoms with E-state index in [0.29, 0.717) is 25.4 Å². The molecule has 2 rings (SSSR count). The predicted octanol–water partition coefficient (Wildman–Crippen LogP) is 0.468. The molecule has 0 spiro atoms. The zero-order chi connectivity index (χ0) is 19.6. The minimum atomic E-state index is -0.990. The molecule has 2 aliphatic heterocycles. The summed E-state index contributed by atoms with van der Waals surface area (Å²) < 4.78 is 4.88. The third-order valence-electron chi connectivity index (χ3n) is 5.61. The lowest BCUT2D eigenvalue weighted by atomic mass is 9.92. The Morgan fingerprint density at radius 2 is 2.00 bits per heavy atom. The second kappa shape index (κ2) is 11.2. The standard InChI is InChI=1S/C19H33N3O5/c1-27-13-16(19(25)26)11-21-18(24)15-3-2-10-22(12-15)17(23)5-4-14-6-8-20-9-7-14/h14-16,20H,2-13H2,1H3,(H,21,24)(H,25,26)/t15-,16+/m1/s1. The predicted molar refractivity (Wildman–Crippen MR) is 100 cm³/mol. The lowest BCUT2D eigenvalue weighted by molar-refractivity contribution is -0.143. The van der Waals surface area contributed by atoms with Gasteiger partial charge < -0.3 is 25.4 Å². The monoisotopic (exact) mass is 383 g/mol. The van der Waals surface area contributed by atoms with E-state index in [9.17, 15) is 14.4 Å². The maximum atomic E-state index is 12.5. The Morgan fingerprint density at radius 1 is 1.26 bits per heavy atom. The molecule has 27 heavy (non-hydrogen) atoms. The van der Waals surface area contributed by atoms with Crippen molar-refractivity contribution in [1.82, 2.24) is 15.5 Å². The molecular weight excluding hydrogens is 350 g/mol. The summed E-state index contributed by atoms with van der Waals surface area (Å²) in [5.74, 6) is -1.44. The van der Waals surface area contributed by atoms with Crippen molar-refractivity contribution in [2.24, 2.45) is 17.8 Å². The van der Waals surface area contributed by atoms with Crippen LogP contribution in [0.3, 0.4) is 0 Å². The number of amides is 2. The molecule has 0 aliphatic carbocycles. The van der Waals surface area contributed by atoms with Gasteiger partial charge in [0.05, 0.1) is 18.4 Å². The topological polar surface area (TPSA) is 108 Å². The maximum absolute atomic E-state index is 12.5. The van der Waals surface area contributed by atoms with E-state index in [0.717, 1.165) is 45.2 Å². The zero-order valence-corrected chi connectivity index (χ0v) is 16.2. The van der Waals surface area contributed by atoms with Crippen LogP contribution < -0.4 is 10.6 Å². The molecule has 8 heteroatoms. The van der Waals surface area contributed by atoms with Gasteiger partial charge >= 0.3 is 5.97 Å². The minimum absolute atomic E-state index is 0.0438. The van der Waals surface area contributed by atoms with Crippen molar-refractivity contribution in [3.05, 3.63) is 0 Å². The van der Waals surface area contributed by atoms with Gasteiger partial charge in [-0.25, -0.2) is 0 Å². The molecular formula is C19H33N3O5. The van der Waals surface area contributed by atoms with Crippen molar-refractivity contribution < 1.29 is 24.2 Å². The lowest BCUT2D eigenvalue weighted by Crippen LogP contribution is -2.47. The van der Waals surface area contributed by atoms with Gasteiger partial charge in [0.25, 0.3) is 0 Å². The Labute approximate surface area is 161 Å². The molecule has 2 saturated heterocycles. The Morgan fingerprint density at radius 3 is 2.67 bits per heavy atom. The molecule has 154 valence electrons. The van der Waals surface area contributed by atoms with E-state index in [1.807, 2.05) is 0 Å². The number of rotatable bonds is 9. The molecule has 0 aromatic carbocycles. The fraction of sp³-hybridized carbons (Fsp3) is 0.842. The van der Waals surface area contributed by atoms with Crippen LogP contribution in [-0.2, 0) is 19.1 Å². The van der Waals surface area contributed by atoms with Crippen molar-refractivity contribution in [2.75, 3.05) is 46.4 Å². The average molecular weight is 383 g/mol. The Kier molecular flexibility index (Phi) is 9.00. The van der Waals surface area contributed by atoms with Gasteiger partial charge in [0.1, 0.15) is 0 Å². The number of nitrogens with zero attached hydrogens (tertiary/aromatic N) is 1. The number of aliphatic carboxylic acids is 1. The summed E-state index contributed by atoms with van der Waals surface area (Å²) in [6.07, 6.45) is 5.26. The molecule has 0 unspecified atom stereocenters. The van der Waals surface area contributed by atoms with Gasteiger partial charge in [0.2, 0.25) is 11.8 Å². The van der Waals surface area contributed by atoms with E-state index in [1.54, 1.807) is 4.90 Å². The summed E-state index contributed by atoms with van der Waals surface area (Å²) in [5.41, 5.74) is 0. The molecule has 0 saturated carbocycles. The second-order valence-electron chi connectivity index (χ2n) is 7.65. The summed E-state index contributed by atoms with van der Waals surface area (Å²) in [6, 6.07) is 0. The van der Waals surface area contributed by atoms with E-state index in [-0.39, 0.29) is 30.9 Å². The molecule has 2 aliphatic rings.